The first-order chi connectivity index (χ1) is 10.1. The summed E-state index contributed by atoms with van der Waals surface area (Å²) in [6.45, 7) is 4.62. The highest BCUT2D eigenvalue weighted by atomic mass is 35.5. The van der Waals surface area contributed by atoms with E-state index in [1.807, 2.05) is 13.8 Å². The second-order valence-electron chi connectivity index (χ2n) is 5.41. The van der Waals surface area contributed by atoms with E-state index in [4.69, 9.17) is 20.5 Å². The lowest BCUT2D eigenvalue weighted by molar-refractivity contribution is 0.0696. The van der Waals surface area contributed by atoms with Gasteiger partial charge in [-0.15, -0.1) is 0 Å². The molecule has 0 aliphatic carbocycles. The summed E-state index contributed by atoms with van der Waals surface area (Å²) in [5.41, 5.74) is 0. The number of aromatic nitrogens is 2. The van der Waals surface area contributed by atoms with E-state index in [-0.39, 0.29) is 28.8 Å². The molecule has 0 aromatic carbocycles. The summed E-state index contributed by atoms with van der Waals surface area (Å²) in [6.07, 6.45) is 1.72. The van der Waals surface area contributed by atoms with Crippen LogP contribution in [0.25, 0.3) is 0 Å². The third kappa shape index (κ3) is 2.68. The van der Waals surface area contributed by atoms with Gasteiger partial charge in [0.25, 0.3) is 5.91 Å². The number of nitrogens with zero attached hydrogens (tertiary/aromatic N) is 3. The molecule has 2 aromatic heterocycles. The SMILES string of the molecule is CC(C)c1nc([C@@H]2CCCN2C(=O)c2ccc(Cl)o2)no1. The molecule has 3 rings (SSSR count). The number of halogens is 1. The molecule has 0 unspecified atom stereocenters. The van der Waals surface area contributed by atoms with E-state index in [9.17, 15) is 4.79 Å². The fraction of sp³-hybridized carbons (Fsp3) is 0.500. The molecule has 1 fully saturated rings. The van der Waals surface area contributed by atoms with Crippen molar-refractivity contribution in [2.45, 2.75) is 38.6 Å². The van der Waals surface area contributed by atoms with Crippen LogP contribution >= 0.6 is 11.6 Å². The number of hydrogen-bond acceptors (Lipinski definition) is 5. The van der Waals surface area contributed by atoms with Crippen LogP contribution in [-0.4, -0.2) is 27.5 Å². The summed E-state index contributed by atoms with van der Waals surface area (Å²) in [6, 6.07) is 2.97. The summed E-state index contributed by atoms with van der Waals surface area (Å²) in [4.78, 5) is 18.6. The number of amides is 1. The Morgan fingerprint density at radius 1 is 1.48 bits per heavy atom. The lowest BCUT2D eigenvalue weighted by Gasteiger charge is -2.20. The van der Waals surface area contributed by atoms with Crippen molar-refractivity contribution in [1.29, 1.82) is 0 Å². The van der Waals surface area contributed by atoms with Gasteiger partial charge in [0.05, 0.1) is 6.04 Å². The smallest absolute Gasteiger partial charge is 0.290 e. The first-order valence-corrected chi connectivity index (χ1v) is 7.34. The van der Waals surface area contributed by atoms with Gasteiger partial charge in [-0.2, -0.15) is 4.98 Å². The number of likely N-dealkylation sites (tertiary alicyclic amines) is 1. The molecule has 112 valence electrons. The molecule has 0 radical (unpaired) electrons. The van der Waals surface area contributed by atoms with Gasteiger partial charge in [-0.3, -0.25) is 4.79 Å². The Morgan fingerprint density at radius 3 is 2.90 bits per heavy atom. The topological polar surface area (TPSA) is 72.4 Å². The summed E-state index contributed by atoms with van der Waals surface area (Å²) in [5, 5.41) is 4.22. The van der Waals surface area contributed by atoms with Gasteiger partial charge >= 0.3 is 0 Å². The highest BCUT2D eigenvalue weighted by molar-refractivity contribution is 6.29. The Hall–Kier alpha value is -1.82. The zero-order valence-corrected chi connectivity index (χ0v) is 12.6. The maximum Gasteiger partial charge on any atom is 0.290 e. The fourth-order valence-electron chi connectivity index (χ4n) is 2.47. The molecule has 0 spiro atoms. The number of furan rings is 1. The van der Waals surface area contributed by atoms with Crippen molar-refractivity contribution in [3.05, 3.63) is 34.8 Å². The molecule has 2 aromatic rings. The van der Waals surface area contributed by atoms with E-state index in [1.54, 1.807) is 17.0 Å². The van der Waals surface area contributed by atoms with Crippen LogP contribution in [-0.2, 0) is 0 Å². The van der Waals surface area contributed by atoms with E-state index in [0.717, 1.165) is 12.8 Å². The Labute approximate surface area is 127 Å². The number of rotatable bonds is 3. The molecule has 3 heterocycles. The zero-order chi connectivity index (χ0) is 15.0. The largest absolute Gasteiger partial charge is 0.440 e. The van der Waals surface area contributed by atoms with Crippen molar-refractivity contribution in [2.75, 3.05) is 6.54 Å². The van der Waals surface area contributed by atoms with Crippen molar-refractivity contribution in [3.63, 3.8) is 0 Å². The summed E-state index contributed by atoms with van der Waals surface area (Å²) in [7, 11) is 0. The second-order valence-corrected chi connectivity index (χ2v) is 5.78. The maximum atomic E-state index is 12.5. The molecule has 6 nitrogen and oxygen atoms in total. The lowest BCUT2D eigenvalue weighted by atomic mass is 10.2. The van der Waals surface area contributed by atoms with Crippen molar-refractivity contribution in [2.24, 2.45) is 0 Å². The van der Waals surface area contributed by atoms with Crippen LogP contribution in [0.15, 0.2) is 21.1 Å². The maximum absolute atomic E-state index is 12.5. The summed E-state index contributed by atoms with van der Waals surface area (Å²) >= 11 is 5.73. The van der Waals surface area contributed by atoms with E-state index < -0.39 is 0 Å². The molecule has 0 bridgehead atoms. The van der Waals surface area contributed by atoms with E-state index in [2.05, 4.69) is 10.1 Å². The molecule has 21 heavy (non-hydrogen) atoms. The lowest BCUT2D eigenvalue weighted by Crippen LogP contribution is -2.30. The molecule has 0 N–H and O–H groups in total. The minimum absolute atomic E-state index is 0.167. The van der Waals surface area contributed by atoms with E-state index in [1.165, 1.54) is 0 Å². The van der Waals surface area contributed by atoms with Crippen molar-refractivity contribution in [1.82, 2.24) is 15.0 Å². The third-order valence-electron chi connectivity index (χ3n) is 3.55. The van der Waals surface area contributed by atoms with Crippen LogP contribution in [0, 0.1) is 0 Å². The Morgan fingerprint density at radius 2 is 2.29 bits per heavy atom. The third-order valence-corrected chi connectivity index (χ3v) is 3.75. The van der Waals surface area contributed by atoms with Gasteiger partial charge < -0.3 is 13.8 Å². The Balaban J connectivity index is 1.83. The molecule has 0 saturated carbocycles. The van der Waals surface area contributed by atoms with Gasteiger partial charge in [0.1, 0.15) is 0 Å². The Kier molecular flexibility index (Phi) is 3.71. The van der Waals surface area contributed by atoms with Crippen LogP contribution in [0.4, 0.5) is 0 Å². The van der Waals surface area contributed by atoms with Gasteiger partial charge in [-0.1, -0.05) is 19.0 Å². The summed E-state index contributed by atoms with van der Waals surface area (Å²) < 4.78 is 10.4. The van der Waals surface area contributed by atoms with Crippen LogP contribution in [0.5, 0.6) is 0 Å². The molecule has 1 amide bonds. The predicted molar refractivity (Wildman–Crippen MR) is 75.1 cm³/mol. The van der Waals surface area contributed by atoms with Gasteiger partial charge in [-0.05, 0) is 36.6 Å². The van der Waals surface area contributed by atoms with Crippen LogP contribution in [0.2, 0.25) is 5.22 Å². The van der Waals surface area contributed by atoms with Crippen molar-refractivity contribution < 1.29 is 13.7 Å². The second kappa shape index (κ2) is 5.52. The first-order valence-electron chi connectivity index (χ1n) is 6.96. The highest BCUT2D eigenvalue weighted by Gasteiger charge is 2.35. The molecule has 1 saturated heterocycles. The van der Waals surface area contributed by atoms with E-state index >= 15 is 0 Å². The van der Waals surface area contributed by atoms with Gasteiger partial charge in [0, 0.05) is 12.5 Å². The molecule has 1 aliphatic heterocycles. The van der Waals surface area contributed by atoms with Gasteiger partial charge in [0.2, 0.25) is 5.89 Å². The molecular weight excluding hydrogens is 294 g/mol. The zero-order valence-electron chi connectivity index (χ0n) is 11.9. The fourth-order valence-corrected chi connectivity index (χ4v) is 2.61. The number of carbonyl (C=O) groups is 1. The summed E-state index contributed by atoms with van der Waals surface area (Å²) in [5.74, 6) is 1.35. The minimum atomic E-state index is -0.194. The van der Waals surface area contributed by atoms with Crippen molar-refractivity contribution >= 4 is 17.5 Å². The van der Waals surface area contributed by atoms with Crippen LogP contribution in [0.1, 0.15) is 60.9 Å². The standard InChI is InChI=1S/C14H16ClN3O3/c1-8(2)13-16-12(17-21-13)9-4-3-7-18(9)14(19)10-5-6-11(15)20-10/h5-6,8-9H,3-4,7H2,1-2H3/t9-/m0/s1. The van der Waals surface area contributed by atoms with Crippen LogP contribution in [0.3, 0.4) is 0 Å². The first kappa shape index (κ1) is 14.1. The average Bonchev–Trinajstić information content (AvgIpc) is 3.17. The minimum Gasteiger partial charge on any atom is -0.440 e. The number of carbonyl (C=O) groups excluding carboxylic acids is 1. The van der Waals surface area contributed by atoms with Gasteiger partial charge in [-0.25, -0.2) is 0 Å². The number of hydrogen-bond donors (Lipinski definition) is 0. The Bertz CT molecular complexity index is 649. The molecule has 7 heteroatoms. The molecule has 1 atom stereocenters. The highest BCUT2D eigenvalue weighted by Crippen LogP contribution is 2.32. The molecule has 1 aliphatic rings. The van der Waals surface area contributed by atoms with Crippen molar-refractivity contribution in [3.8, 4) is 0 Å². The van der Waals surface area contributed by atoms with Gasteiger partial charge in [0.15, 0.2) is 16.8 Å². The van der Waals surface area contributed by atoms with Crippen LogP contribution < -0.4 is 0 Å². The quantitative estimate of drug-likeness (QED) is 0.868. The normalized spacial score (nSPS) is 18.7. The monoisotopic (exact) mass is 309 g/mol. The average molecular weight is 310 g/mol. The predicted octanol–water partition coefficient (Wildman–Crippen LogP) is 3.42. The molecular formula is C14H16ClN3O3. The van der Waals surface area contributed by atoms with E-state index in [0.29, 0.717) is 18.3 Å².